The van der Waals surface area contributed by atoms with E-state index in [-0.39, 0.29) is 11.0 Å². The summed E-state index contributed by atoms with van der Waals surface area (Å²) in [6.07, 6.45) is 2.42. The molecule has 0 amide bonds. The largest absolute Gasteiger partial charge is 0.431 e. The van der Waals surface area contributed by atoms with E-state index in [1.807, 2.05) is 0 Å². The maximum absolute atomic E-state index is 12.1. The van der Waals surface area contributed by atoms with Crippen LogP contribution in [-0.4, -0.2) is 50.3 Å². The van der Waals surface area contributed by atoms with Gasteiger partial charge >= 0.3 is 0 Å². The van der Waals surface area contributed by atoms with Crippen LogP contribution in [-0.2, 0) is 14.8 Å². The minimum atomic E-state index is -3.46. The van der Waals surface area contributed by atoms with Gasteiger partial charge in [-0.2, -0.15) is 0 Å². The summed E-state index contributed by atoms with van der Waals surface area (Å²) in [6.45, 7) is 0.824. The molecule has 1 atom stereocenters. The quantitative estimate of drug-likeness (QED) is 0.777. The zero-order chi connectivity index (χ0) is 15.7. The molecule has 0 N–H and O–H groups in total. The first-order valence-electron chi connectivity index (χ1n) is 7.04. The van der Waals surface area contributed by atoms with E-state index < -0.39 is 10.0 Å². The number of hydrogen-bond donors (Lipinski definition) is 0. The first-order valence-corrected chi connectivity index (χ1v) is 9.47. The van der Waals surface area contributed by atoms with Gasteiger partial charge in [-0.05, 0) is 31.0 Å². The van der Waals surface area contributed by atoms with Gasteiger partial charge in [-0.1, -0.05) is 11.8 Å². The highest BCUT2D eigenvalue weighted by Crippen LogP contribution is 2.28. The summed E-state index contributed by atoms with van der Waals surface area (Å²) in [5.74, 6) is 0.801. The van der Waals surface area contributed by atoms with Crippen LogP contribution in [0.3, 0.4) is 0 Å². The third kappa shape index (κ3) is 3.15. The van der Waals surface area contributed by atoms with Gasteiger partial charge in [0.2, 0.25) is 10.0 Å². The smallest absolute Gasteiger partial charge is 0.256 e. The van der Waals surface area contributed by atoms with E-state index in [4.69, 9.17) is 9.15 Å². The normalized spacial score (nSPS) is 19.3. The summed E-state index contributed by atoms with van der Waals surface area (Å²) < 4.78 is 36.6. The van der Waals surface area contributed by atoms with Crippen LogP contribution >= 0.6 is 11.8 Å². The fourth-order valence-electron chi connectivity index (χ4n) is 2.26. The summed E-state index contributed by atoms with van der Waals surface area (Å²) in [6, 6.07) is 4.73. The molecule has 1 aromatic carbocycles. The highest BCUT2D eigenvalue weighted by Gasteiger charge is 2.20. The van der Waals surface area contributed by atoms with Crippen molar-refractivity contribution in [2.24, 2.45) is 0 Å². The Kier molecular flexibility index (Phi) is 4.44. The van der Waals surface area contributed by atoms with Crippen LogP contribution in [0.1, 0.15) is 12.8 Å². The number of hydrogen-bond acceptors (Lipinski definition) is 6. The van der Waals surface area contributed by atoms with E-state index in [1.54, 1.807) is 12.1 Å². The summed E-state index contributed by atoms with van der Waals surface area (Å²) in [7, 11) is -0.449. The van der Waals surface area contributed by atoms with Gasteiger partial charge in [-0.3, -0.25) is 0 Å². The van der Waals surface area contributed by atoms with Crippen LogP contribution in [0.5, 0.6) is 0 Å². The molecular formula is C14H18N2O4S2. The van der Waals surface area contributed by atoms with Crippen molar-refractivity contribution in [3.8, 4) is 0 Å². The van der Waals surface area contributed by atoms with E-state index in [2.05, 4.69) is 4.98 Å². The molecule has 22 heavy (non-hydrogen) atoms. The highest BCUT2D eigenvalue weighted by molar-refractivity contribution is 7.99. The highest BCUT2D eigenvalue weighted by atomic mass is 32.2. The predicted octanol–water partition coefficient (Wildman–Crippen LogP) is 2.35. The van der Waals surface area contributed by atoms with Crippen molar-refractivity contribution >= 4 is 32.9 Å². The van der Waals surface area contributed by atoms with Crippen LogP contribution in [0.2, 0.25) is 0 Å². The van der Waals surface area contributed by atoms with Gasteiger partial charge in [0.15, 0.2) is 5.58 Å². The molecule has 2 heterocycles. The lowest BCUT2D eigenvalue weighted by Crippen LogP contribution is -2.22. The van der Waals surface area contributed by atoms with Crippen molar-refractivity contribution in [2.75, 3.05) is 26.5 Å². The zero-order valence-electron chi connectivity index (χ0n) is 12.5. The molecule has 2 aromatic rings. The maximum Gasteiger partial charge on any atom is 0.256 e. The van der Waals surface area contributed by atoms with Crippen LogP contribution < -0.4 is 0 Å². The molecule has 1 aliphatic heterocycles. The Bertz CT molecular complexity index is 764. The SMILES string of the molecule is CN(C)S(=O)(=O)c1ccc2oc(SCC3CCCO3)nc2c1. The van der Waals surface area contributed by atoms with Gasteiger partial charge in [0, 0.05) is 26.5 Å². The molecule has 1 saturated heterocycles. The molecule has 0 radical (unpaired) electrons. The Hall–Kier alpha value is -1.09. The van der Waals surface area contributed by atoms with E-state index in [1.165, 1.54) is 36.2 Å². The second-order valence-corrected chi connectivity index (χ2v) is 8.47. The lowest BCUT2D eigenvalue weighted by Gasteiger charge is -2.10. The summed E-state index contributed by atoms with van der Waals surface area (Å²) in [5, 5.41) is 0.546. The summed E-state index contributed by atoms with van der Waals surface area (Å²) in [4.78, 5) is 4.58. The van der Waals surface area contributed by atoms with Crippen molar-refractivity contribution in [2.45, 2.75) is 29.1 Å². The van der Waals surface area contributed by atoms with Gasteiger partial charge in [-0.25, -0.2) is 17.7 Å². The molecule has 0 aliphatic carbocycles. The van der Waals surface area contributed by atoms with Gasteiger partial charge < -0.3 is 9.15 Å². The molecule has 6 nitrogen and oxygen atoms in total. The zero-order valence-corrected chi connectivity index (χ0v) is 14.1. The van der Waals surface area contributed by atoms with Crippen LogP contribution in [0.15, 0.2) is 32.7 Å². The van der Waals surface area contributed by atoms with Gasteiger partial charge in [0.25, 0.3) is 5.22 Å². The second-order valence-electron chi connectivity index (χ2n) is 5.34. The fourth-order valence-corrected chi connectivity index (χ4v) is 4.08. The molecule has 1 unspecified atom stereocenters. The topological polar surface area (TPSA) is 72.6 Å². The van der Waals surface area contributed by atoms with Gasteiger partial charge in [0.05, 0.1) is 11.0 Å². The Morgan fingerprint density at radius 1 is 1.41 bits per heavy atom. The van der Waals surface area contributed by atoms with Crippen molar-refractivity contribution in [3.63, 3.8) is 0 Å². The van der Waals surface area contributed by atoms with E-state index in [9.17, 15) is 8.42 Å². The Morgan fingerprint density at radius 2 is 2.23 bits per heavy atom. The number of oxazole rings is 1. The van der Waals surface area contributed by atoms with Gasteiger partial charge in [-0.15, -0.1) is 0 Å². The summed E-state index contributed by atoms with van der Waals surface area (Å²) >= 11 is 1.50. The molecular weight excluding hydrogens is 324 g/mol. The number of nitrogens with zero attached hydrogens (tertiary/aromatic N) is 2. The molecule has 0 saturated carbocycles. The minimum Gasteiger partial charge on any atom is -0.431 e. The summed E-state index contributed by atoms with van der Waals surface area (Å²) in [5.41, 5.74) is 1.14. The van der Waals surface area contributed by atoms with E-state index in [0.29, 0.717) is 16.3 Å². The second kappa shape index (κ2) is 6.19. The van der Waals surface area contributed by atoms with Crippen molar-refractivity contribution in [3.05, 3.63) is 18.2 Å². The Morgan fingerprint density at radius 3 is 2.91 bits per heavy atom. The number of sulfonamides is 1. The fraction of sp³-hybridized carbons (Fsp3) is 0.500. The molecule has 120 valence electrons. The molecule has 8 heteroatoms. The molecule has 3 rings (SSSR count). The van der Waals surface area contributed by atoms with E-state index in [0.717, 1.165) is 25.2 Å². The number of benzene rings is 1. The average Bonchev–Trinajstić information content (AvgIpc) is 3.13. The molecule has 0 spiro atoms. The van der Waals surface area contributed by atoms with Gasteiger partial charge in [0.1, 0.15) is 5.52 Å². The molecule has 1 fully saturated rings. The van der Waals surface area contributed by atoms with Crippen molar-refractivity contribution in [1.82, 2.24) is 9.29 Å². The first-order chi connectivity index (χ1) is 10.5. The molecule has 1 aliphatic rings. The Labute approximate surface area is 133 Å². The maximum atomic E-state index is 12.1. The number of rotatable bonds is 5. The first kappa shape index (κ1) is 15.8. The van der Waals surface area contributed by atoms with Crippen LogP contribution in [0.25, 0.3) is 11.1 Å². The number of fused-ring (bicyclic) bond motifs is 1. The van der Waals surface area contributed by atoms with Crippen molar-refractivity contribution < 1.29 is 17.6 Å². The lowest BCUT2D eigenvalue weighted by atomic mass is 10.3. The minimum absolute atomic E-state index is 0.217. The Balaban J connectivity index is 1.81. The van der Waals surface area contributed by atoms with Crippen LogP contribution in [0, 0.1) is 0 Å². The van der Waals surface area contributed by atoms with Crippen molar-refractivity contribution in [1.29, 1.82) is 0 Å². The number of ether oxygens (including phenoxy) is 1. The third-order valence-corrected chi connectivity index (χ3v) is 6.31. The van der Waals surface area contributed by atoms with E-state index >= 15 is 0 Å². The number of aromatic nitrogens is 1. The average molecular weight is 342 g/mol. The standard InChI is InChI=1S/C14H18N2O4S2/c1-16(2)22(17,18)11-5-6-13-12(8-11)15-14(20-13)21-9-10-4-3-7-19-10/h5-6,8,10H,3-4,7,9H2,1-2H3. The third-order valence-electron chi connectivity index (χ3n) is 3.53. The lowest BCUT2D eigenvalue weighted by molar-refractivity contribution is 0.128. The molecule has 1 aromatic heterocycles. The monoisotopic (exact) mass is 342 g/mol. The predicted molar refractivity (Wildman–Crippen MR) is 84.6 cm³/mol. The van der Waals surface area contributed by atoms with Crippen LogP contribution in [0.4, 0.5) is 0 Å². The molecule has 0 bridgehead atoms. The number of thioether (sulfide) groups is 1.